The predicted molar refractivity (Wildman–Crippen MR) is 138 cm³/mol. The maximum atomic E-state index is 13.3. The minimum atomic E-state index is -1.42. The average molecular weight is 530 g/mol. The summed E-state index contributed by atoms with van der Waals surface area (Å²) in [6, 6.07) is 10.6. The van der Waals surface area contributed by atoms with Gasteiger partial charge in [-0.05, 0) is 54.3 Å². The zero-order valence-corrected chi connectivity index (χ0v) is 21.8. The molecule has 4 heterocycles. The molecule has 10 heteroatoms. The van der Waals surface area contributed by atoms with Crippen molar-refractivity contribution in [3.05, 3.63) is 64.4 Å². The average Bonchev–Trinajstić information content (AvgIpc) is 3.63. The van der Waals surface area contributed by atoms with Crippen LogP contribution in [0, 0.1) is 6.92 Å². The van der Waals surface area contributed by atoms with Gasteiger partial charge >= 0.3 is 0 Å². The Hall–Kier alpha value is -4.47. The summed E-state index contributed by atoms with van der Waals surface area (Å²) in [7, 11) is 1.52. The lowest BCUT2D eigenvalue weighted by Gasteiger charge is -2.28. The van der Waals surface area contributed by atoms with Gasteiger partial charge in [-0.3, -0.25) is 34.6 Å². The van der Waals surface area contributed by atoms with E-state index in [1.807, 2.05) is 32.0 Å². The van der Waals surface area contributed by atoms with Gasteiger partial charge in [0.1, 0.15) is 22.5 Å². The molecule has 3 aromatic rings. The normalized spacial score (nSPS) is 24.5. The zero-order chi connectivity index (χ0) is 27.7. The summed E-state index contributed by atoms with van der Waals surface area (Å²) in [5, 5.41) is 5.45. The largest absolute Gasteiger partial charge is 0.497 e. The second-order valence-corrected chi connectivity index (χ2v) is 10.6. The van der Waals surface area contributed by atoms with E-state index in [1.165, 1.54) is 7.11 Å². The molecule has 0 aliphatic carbocycles. The van der Waals surface area contributed by atoms with Gasteiger partial charge in [-0.2, -0.15) is 0 Å². The molecular weight excluding hydrogens is 502 g/mol. The third kappa shape index (κ3) is 3.58. The summed E-state index contributed by atoms with van der Waals surface area (Å²) in [4.78, 5) is 65.6. The van der Waals surface area contributed by atoms with Gasteiger partial charge in [0.2, 0.25) is 23.6 Å². The molecule has 10 nitrogen and oxygen atoms in total. The molecule has 6 rings (SSSR count). The van der Waals surface area contributed by atoms with Crippen LogP contribution in [0.2, 0.25) is 0 Å². The Balaban J connectivity index is 1.42. The number of nitrogens with one attached hydrogen (secondary N) is 2. The first-order chi connectivity index (χ1) is 18.6. The van der Waals surface area contributed by atoms with Gasteiger partial charge in [-0.25, -0.2) is 0 Å². The monoisotopic (exact) mass is 529 g/mol. The number of amides is 5. The number of hydrogen-bond acceptors (Lipinski definition) is 7. The molecule has 2 saturated heterocycles. The Bertz CT molecular complexity index is 1620. The number of nitrogens with zero attached hydrogens (tertiary/aromatic N) is 1. The van der Waals surface area contributed by atoms with Crippen molar-refractivity contribution in [1.82, 2.24) is 15.5 Å². The van der Waals surface area contributed by atoms with Crippen LogP contribution in [0.25, 0.3) is 11.0 Å². The van der Waals surface area contributed by atoms with E-state index in [0.717, 1.165) is 11.1 Å². The van der Waals surface area contributed by atoms with Gasteiger partial charge in [0.05, 0.1) is 18.9 Å². The SMILES string of the molecule is CCC1(c2cc(C)c3oc([C@]4(CN5Cc6ccc(OC)cc6C5=O)CC(=O)NC4=O)cc3c2)CC(=O)NC1=O. The second-order valence-electron chi connectivity index (χ2n) is 10.6. The van der Waals surface area contributed by atoms with Crippen LogP contribution in [0.3, 0.4) is 0 Å². The fourth-order valence-electron chi connectivity index (χ4n) is 6.18. The first kappa shape index (κ1) is 24.8. The molecule has 3 aliphatic heterocycles. The highest BCUT2D eigenvalue weighted by molar-refractivity contribution is 6.11. The molecule has 0 spiro atoms. The molecule has 0 saturated carbocycles. The molecule has 1 aromatic heterocycles. The topological polar surface area (TPSA) is 135 Å². The van der Waals surface area contributed by atoms with Crippen LogP contribution < -0.4 is 15.4 Å². The van der Waals surface area contributed by atoms with Gasteiger partial charge < -0.3 is 14.1 Å². The first-order valence-corrected chi connectivity index (χ1v) is 12.8. The number of imide groups is 2. The van der Waals surface area contributed by atoms with Crippen molar-refractivity contribution in [3.8, 4) is 5.75 Å². The van der Waals surface area contributed by atoms with Crippen molar-refractivity contribution < 1.29 is 33.1 Å². The number of rotatable bonds is 6. The smallest absolute Gasteiger partial charge is 0.254 e. The van der Waals surface area contributed by atoms with Crippen LogP contribution in [0.4, 0.5) is 0 Å². The van der Waals surface area contributed by atoms with Crippen LogP contribution >= 0.6 is 0 Å². The molecule has 2 aromatic carbocycles. The first-order valence-electron chi connectivity index (χ1n) is 12.8. The van der Waals surface area contributed by atoms with Gasteiger partial charge in [-0.1, -0.05) is 19.1 Å². The van der Waals surface area contributed by atoms with Gasteiger partial charge in [0, 0.05) is 30.5 Å². The Morgan fingerprint density at radius 2 is 1.64 bits per heavy atom. The molecule has 200 valence electrons. The van der Waals surface area contributed by atoms with Crippen LogP contribution in [-0.2, 0) is 36.6 Å². The molecule has 0 bridgehead atoms. The molecule has 2 N–H and O–H groups in total. The molecule has 1 unspecified atom stereocenters. The van der Waals surface area contributed by atoms with Gasteiger partial charge in [0.15, 0.2) is 0 Å². The predicted octanol–water partition coefficient (Wildman–Crippen LogP) is 2.38. The summed E-state index contributed by atoms with van der Waals surface area (Å²) in [5.41, 5.74) is 0.815. The molecule has 2 fully saturated rings. The lowest BCUT2D eigenvalue weighted by atomic mass is 9.76. The zero-order valence-electron chi connectivity index (χ0n) is 21.8. The Labute approximate surface area is 223 Å². The van der Waals surface area contributed by atoms with Crippen LogP contribution in [0.1, 0.15) is 59.0 Å². The van der Waals surface area contributed by atoms with Crippen molar-refractivity contribution in [2.24, 2.45) is 0 Å². The maximum absolute atomic E-state index is 13.3. The van der Waals surface area contributed by atoms with Gasteiger partial charge in [-0.15, -0.1) is 0 Å². The summed E-state index contributed by atoms with van der Waals surface area (Å²) >= 11 is 0. The second kappa shape index (κ2) is 8.52. The van der Waals surface area contributed by atoms with Gasteiger partial charge in [0.25, 0.3) is 5.91 Å². The number of furan rings is 1. The number of benzene rings is 2. The lowest BCUT2D eigenvalue weighted by molar-refractivity contribution is -0.128. The number of aryl methyl sites for hydroxylation is 1. The fourth-order valence-corrected chi connectivity index (χ4v) is 6.18. The van der Waals surface area contributed by atoms with Crippen molar-refractivity contribution in [2.45, 2.75) is 50.5 Å². The van der Waals surface area contributed by atoms with Crippen LogP contribution in [-0.4, -0.2) is 48.1 Å². The highest BCUT2D eigenvalue weighted by atomic mass is 16.5. The number of methoxy groups -OCH3 is 1. The molecule has 2 atom stereocenters. The van der Waals surface area contributed by atoms with E-state index >= 15 is 0 Å². The molecule has 0 radical (unpaired) electrons. The van der Waals surface area contributed by atoms with Crippen molar-refractivity contribution in [3.63, 3.8) is 0 Å². The van der Waals surface area contributed by atoms with E-state index in [4.69, 9.17) is 9.15 Å². The van der Waals surface area contributed by atoms with E-state index in [2.05, 4.69) is 10.6 Å². The number of carbonyl (C=O) groups is 5. The maximum Gasteiger partial charge on any atom is 0.254 e. The Kier molecular flexibility index (Phi) is 5.43. The number of fused-ring (bicyclic) bond motifs is 2. The summed E-state index contributed by atoms with van der Waals surface area (Å²) in [5.74, 6) is -1.07. The third-order valence-electron chi connectivity index (χ3n) is 8.39. The summed E-state index contributed by atoms with van der Waals surface area (Å²) in [6.07, 6.45) is 0.321. The van der Waals surface area contributed by atoms with Crippen molar-refractivity contribution in [2.75, 3.05) is 13.7 Å². The quantitative estimate of drug-likeness (QED) is 0.468. The Morgan fingerprint density at radius 3 is 2.26 bits per heavy atom. The van der Waals surface area contributed by atoms with E-state index in [0.29, 0.717) is 34.3 Å². The number of carbonyl (C=O) groups excluding carboxylic acids is 5. The van der Waals surface area contributed by atoms with E-state index in [-0.39, 0.29) is 49.4 Å². The fraction of sp³-hybridized carbons (Fsp3) is 0.345. The minimum absolute atomic E-state index is 0.0536. The van der Waals surface area contributed by atoms with E-state index < -0.39 is 22.6 Å². The minimum Gasteiger partial charge on any atom is -0.497 e. The molecule has 5 amide bonds. The molecule has 3 aliphatic rings. The van der Waals surface area contributed by atoms with Crippen molar-refractivity contribution >= 4 is 40.5 Å². The molecule has 39 heavy (non-hydrogen) atoms. The Morgan fingerprint density at radius 1 is 0.949 bits per heavy atom. The lowest BCUT2D eigenvalue weighted by Crippen LogP contribution is -2.46. The highest BCUT2D eigenvalue weighted by Crippen LogP contribution is 2.42. The van der Waals surface area contributed by atoms with Crippen LogP contribution in [0.5, 0.6) is 5.75 Å². The van der Waals surface area contributed by atoms with Crippen LogP contribution in [0.15, 0.2) is 40.8 Å². The third-order valence-corrected chi connectivity index (χ3v) is 8.39. The van der Waals surface area contributed by atoms with E-state index in [9.17, 15) is 24.0 Å². The standard InChI is InChI=1S/C29H27N3O7/c1-4-28(11-22(33)30-26(28)36)18-7-15(2)24-17(8-18)9-21(39-24)29(12-23(34)31-27(29)37)14-32-13-16-5-6-19(38-3)10-20(16)25(32)35/h5-10H,4,11-14H2,1-3H3,(H,30,33,36)(H,31,34,37)/t28?,29-/m1/s1. The highest BCUT2D eigenvalue weighted by Gasteiger charge is 2.53. The van der Waals surface area contributed by atoms with Crippen molar-refractivity contribution in [1.29, 1.82) is 0 Å². The number of ether oxygens (including phenoxy) is 1. The molecular formula is C29H27N3O7. The summed E-state index contributed by atoms with van der Waals surface area (Å²) < 4.78 is 11.5. The number of hydrogen-bond donors (Lipinski definition) is 2. The van der Waals surface area contributed by atoms with E-state index in [1.54, 1.807) is 23.1 Å². The summed E-state index contributed by atoms with van der Waals surface area (Å²) in [6.45, 7) is 3.93.